The number of hydrogen-bond donors (Lipinski definition) is 0. The van der Waals surface area contributed by atoms with Crippen LogP contribution in [-0.4, -0.2) is 25.8 Å². The molecule has 0 aromatic heterocycles. The van der Waals surface area contributed by atoms with Gasteiger partial charge in [-0.3, -0.25) is 0 Å². The summed E-state index contributed by atoms with van der Waals surface area (Å²) in [7, 11) is 0. The molecule has 0 atom stereocenters. The van der Waals surface area contributed by atoms with Crippen molar-refractivity contribution in [2.45, 2.75) is 41.5 Å². The summed E-state index contributed by atoms with van der Waals surface area (Å²) in [5.41, 5.74) is 0. The van der Waals surface area contributed by atoms with Gasteiger partial charge in [0.15, 0.2) is 0 Å². The molecule has 4 rings (SSSR count). The molecule has 4 fully saturated rings. The molecule has 0 spiro atoms. The molecular weight excluding hydrogens is 327 g/mol. The molecule has 4 aliphatic carbocycles. The van der Waals surface area contributed by atoms with Crippen LogP contribution in [0.25, 0.3) is 0 Å². The molecule has 3 radical (unpaired) electrons. The Balaban J connectivity index is 1.94. The number of hydrogen-bond acceptors (Lipinski definition) is 0. The van der Waals surface area contributed by atoms with Gasteiger partial charge in [0.2, 0.25) is 0 Å². The molecule has 4 aliphatic rings. The Morgan fingerprint density at radius 2 is 1.18 bits per heavy atom. The zero-order valence-electron chi connectivity index (χ0n) is 6.97. The first-order valence-electron chi connectivity index (χ1n) is 4.98. The third-order valence-corrected chi connectivity index (χ3v) is 6.42. The summed E-state index contributed by atoms with van der Waals surface area (Å²) in [6.45, 7) is 0. The van der Waals surface area contributed by atoms with Crippen LogP contribution in [0.1, 0.15) is 38.5 Å². The van der Waals surface area contributed by atoms with Crippen molar-refractivity contribution in [2.75, 3.05) is 0 Å². The van der Waals surface area contributed by atoms with Gasteiger partial charge < -0.3 is 0 Å². The van der Waals surface area contributed by atoms with Gasteiger partial charge in [0.1, 0.15) is 0 Å². The third kappa shape index (κ3) is 1.12. The van der Waals surface area contributed by atoms with E-state index in [-0.39, 0.29) is 0 Å². The zero-order chi connectivity index (χ0) is 7.47. The molecule has 0 heterocycles. The second-order valence-electron chi connectivity index (χ2n) is 5.20. The Kier molecular flexibility index (Phi) is 1.49. The van der Waals surface area contributed by atoms with E-state index < -0.39 is 0 Å². The van der Waals surface area contributed by atoms with Crippen molar-refractivity contribution in [3.63, 3.8) is 0 Å². The second kappa shape index (κ2) is 2.24. The predicted octanol–water partition coefficient (Wildman–Crippen LogP) is 2.54. The van der Waals surface area contributed by atoms with E-state index in [9.17, 15) is 0 Å². The van der Waals surface area contributed by atoms with Gasteiger partial charge in [-0.05, 0) is 0 Å². The number of rotatable bonds is 0. The Morgan fingerprint density at radius 1 is 0.818 bits per heavy atom. The first kappa shape index (κ1) is 7.34. The molecule has 0 amide bonds. The van der Waals surface area contributed by atoms with E-state index in [2.05, 4.69) is 0 Å². The summed E-state index contributed by atoms with van der Waals surface area (Å²) in [4.78, 5) is 0. The molecule has 0 aromatic carbocycles. The maximum atomic E-state index is 1.63. The van der Waals surface area contributed by atoms with Gasteiger partial charge in [0.25, 0.3) is 0 Å². The van der Waals surface area contributed by atoms with Crippen LogP contribution < -0.4 is 0 Å². The fourth-order valence-corrected chi connectivity index (χ4v) is 7.48. The summed E-state index contributed by atoms with van der Waals surface area (Å²) in [5.74, 6) is 3.54. The normalized spacial score (nSPS) is 60.3. The summed E-state index contributed by atoms with van der Waals surface area (Å²) < 4.78 is 0.939. The van der Waals surface area contributed by atoms with Crippen molar-refractivity contribution in [1.82, 2.24) is 0 Å². The van der Waals surface area contributed by atoms with E-state index in [1.165, 1.54) is 43.5 Å². The van der Waals surface area contributed by atoms with Gasteiger partial charge in [-0.25, -0.2) is 0 Å². The molecule has 4 bridgehead atoms. The molecule has 0 saturated heterocycles. The fourth-order valence-electron chi connectivity index (χ4n) is 4.11. The van der Waals surface area contributed by atoms with Crippen molar-refractivity contribution in [2.24, 2.45) is 17.8 Å². The van der Waals surface area contributed by atoms with Gasteiger partial charge in [-0.2, -0.15) is 0 Å². The maximum absolute atomic E-state index is 1.63. The van der Waals surface area contributed by atoms with Crippen molar-refractivity contribution in [3.05, 3.63) is 0 Å². The van der Waals surface area contributed by atoms with E-state index in [1.54, 1.807) is 38.5 Å². The Labute approximate surface area is 84.8 Å². The van der Waals surface area contributed by atoms with Crippen LogP contribution in [0.3, 0.4) is 0 Å². The Morgan fingerprint density at radius 3 is 1.45 bits per heavy atom. The second-order valence-corrected chi connectivity index (χ2v) is 9.32. The van der Waals surface area contributed by atoms with Crippen molar-refractivity contribution >= 4 is 25.8 Å². The first-order valence-corrected chi connectivity index (χ1v) is 6.93. The molecule has 0 nitrogen and oxygen atoms in total. The van der Waals surface area contributed by atoms with Crippen LogP contribution in [-0.2, 0) is 0 Å². The molecule has 4 saturated carbocycles. The van der Waals surface area contributed by atoms with Crippen LogP contribution in [0.5, 0.6) is 0 Å². The van der Waals surface area contributed by atoms with Gasteiger partial charge in [-0.1, -0.05) is 0 Å². The summed E-state index contributed by atoms with van der Waals surface area (Å²) in [6.07, 6.45) is 9.73. The summed E-state index contributed by atoms with van der Waals surface area (Å²) in [5, 5.41) is 0. The Bertz CT molecular complexity index is 150. The Hall–Kier alpha value is 0.922. The SMILES string of the molecule is [Pb][C]12CC3CC(CC(C3)C1)C2. The average molecular weight is 342 g/mol. The van der Waals surface area contributed by atoms with Crippen molar-refractivity contribution in [1.29, 1.82) is 0 Å². The van der Waals surface area contributed by atoms with E-state index in [0.29, 0.717) is 0 Å². The molecule has 59 valence electrons. The topological polar surface area (TPSA) is 0 Å². The molecule has 0 N–H and O–H groups in total. The van der Waals surface area contributed by atoms with Gasteiger partial charge >= 0.3 is 85.0 Å². The zero-order valence-corrected chi connectivity index (χ0v) is 10.9. The molecule has 0 aliphatic heterocycles. The predicted molar refractivity (Wildman–Crippen MR) is 46.6 cm³/mol. The molecular formula is C10H15Pb. The average Bonchev–Trinajstić information content (AvgIpc) is 1.79. The third-order valence-electron chi connectivity index (χ3n) is 4.04. The van der Waals surface area contributed by atoms with Crippen LogP contribution >= 0.6 is 0 Å². The quantitative estimate of drug-likeness (QED) is 0.594. The summed E-state index contributed by atoms with van der Waals surface area (Å²) >= 11 is 1.49. The van der Waals surface area contributed by atoms with Crippen LogP contribution in [0.15, 0.2) is 0 Å². The van der Waals surface area contributed by atoms with Crippen LogP contribution in [0.2, 0.25) is 2.97 Å². The monoisotopic (exact) mass is 343 g/mol. The van der Waals surface area contributed by atoms with E-state index in [0.717, 1.165) is 2.97 Å². The van der Waals surface area contributed by atoms with E-state index >= 15 is 0 Å². The van der Waals surface area contributed by atoms with Crippen molar-refractivity contribution < 1.29 is 0 Å². The molecule has 1 heteroatoms. The molecule has 0 unspecified atom stereocenters. The van der Waals surface area contributed by atoms with Gasteiger partial charge in [0.05, 0.1) is 0 Å². The van der Waals surface area contributed by atoms with Crippen LogP contribution in [0.4, 0.5) is 0 Å². The summed E-state index contributed by atoms with van der Waals surface area (Å²) in [6, 6.07) is 0. The van der Waals surface area contributed by atoms with Gasteiger partial charge in [-0.15, -0.1) is 0 Å². The van der Waals surface area contributed by atoms with E-state index in [1.807, 2.05) is 0 Å². The minimum absolute atomic E-state index is 0.939. The molecule has 0 aromatic rings. The van der Waals surface area contributed by atoms with Crippen molar-refractivity contribution in [3.8, 4) is 0 Å². The first-order chi connectivity index (χ1) is 5.23. The minimum atomic E-state index is 0.939. The van der Waals surface area contributed by atoms with Gasteiger partial charge in [0, 0.05) is 0 Å². The fraction of sp³-hybridized carbons (Fsp3) is 1.00. The molecule has 11 heavy (non-hydrogen) atoms. The standard InChI is InChI=1S/C10H15.Pb/c1-7-2-9-4-8(1)5-10(3-7)6-9;/h7-9H,1-6H2;. The van der Waals surface area contributed by atoms with E-state index in [4.69, 9.17) is 0 Å². The van der Waals surface area contributed by atoms with Crippen LogP contribution in [0, 0.1) is 17.8 Å².